The number of hydrogen-bond acceptors (Lipinski definition) is 7. The number of rotatable bonds is 12. The molecule has 0 radical (unpaired) electrons. The molecular formula is C24H30N6O7. The van der Waals surface area contributed by atoms with Crippen LogP contribution < -0.4 is 16.4 Å². The number of aromatic amines is 1. The predicted molar refractivity (Wildman–Crippen MR) is 129 cm³/mol. The van der Waals surface area contributed by atoms with E-state index in [1.807, 2.05) is 0 Å². The Hall–Kier alpha value is -4.26. The molecule has 13 nitrogen and oxygen atoms in total. The average molecular weight is 515 g/mol. The zero-order valence-electron chi connectivity index (χ0n) is 20.0. The van der Waals surface area contributed by atoms with Crippen molar-refractivity contribution >= 4 is 29.7 Å². The lowest BCUT2D eigenvalue weighted by Gasteiger charge is -2.29. The lowest BCUT2D eigenvalue weighted by molar-refractivity contribution is -0.149. The fourth-order valence-electron chi connectivity index (χ4n) is 4.19. The number of aliphatic carboxylic acids is 2. The van der Waals surface area contributed by atoms with Gasteiger partial charge in [0.15, 0.2) is 0 Å². The first-order valence-electron chi connectivity index (χ1n) is 11.8. The quantitative estimate of drug-likeness (QED) is 0.206. The van der Waals surface area contributed by atoms with Crippen molar-refractivity contribution < 1.29 is 34.2 Å². The largest absolute Gasteiger partial charge is 0.481 e. The summed E-state index contributed by atoms with van der Waals surface area (Å²) in [5.41, 5.74) is 6.92. The van der Waals surface area contributed by atoms with Crippen LogP contribution in [-0.2, 0) is 36.8 Å². The minimum absolute atomic E-state index is 0.0118. The molecule has 7 N–H and O–H groups in total. The number of nitrogens with two attached hydrogens (primary N) is 1. The van der Waals surface area contributed by atoms with E-state index >= 15 is 0 Å². The molecule has 4 atom stereocenters. The number of carbonyl (C=O) groups is 5. The molecule has 3 rings (SSSR count). The standard InChI is InChI=1S/C24H30N6O7/c25-16(11-20(31)32)21(33)28-17(9-14-5-2-1-3-6-14)22(34)29-18(10-15-12-26-13-27-15)23(35)30-8-4-7-19(30)24(36)37/h1-3,5-6,12-13,16-19H,4,7-11,25H2,(H,26,27)(H,28,33)(H,29,34)(H,31,32)(H,36,37). The fourth-order valence-corrected chi connectivity index (χ4v) is 4.19. The molecule has 2 aromatic rings. The second kappa shape index (κ2) is 12.6. The Kier molecular flexibility index (Phi) is 9.33. The molecule has 0 bridgehead atoms. The molecule has 3 amide bonds. The van der Waals surface area contributed by atoms with Crippen molar-refractivity contribution in [1.29, 1.82) is 0 Å². The van der Waals surface area contributed by atoms with Crippen LogP contribution in [0.25, 0.3) is 0 Å². The Morgan fingerprint density at radius 2 is 1.76 bits per heavy atom. The van der Waals surface area contributed by atoms with Crippen LogP contribution >= 0.6 is 0 Å². The van der Waals surface area contributed by atoms with Gasteiger partial charge in [-0.25, -0.2) is 9.78 Å². The lowest BCUT2D eigenvalue weighted by Crippen LogP contribution is -2.58. The molecule has 0 saturated carbocycles. The summed E-state index contributed by atoms with van der Waals surface area (Å²) in [5.74, 6) is -4.50. The summed E-state index contributed by atoms with van der Waals surface area (Å²) >= 11 is 0. The molecule has 0 aliphatic carbocycles. The van der Waals surface area contributed by atoms with Gasteiger partial charge in [-0.1, -0.05) is 30.3 Å². The highest BCUT2D eigenvalue weighted by molar-refractivity contribution is 5.95. The third-order valence-electron chi connectivity index (χ3n) is 6.06. The number of H-pyrrole nitrogens is 1. The summed E-state index contributed by atoms with van der Waals surface area (Å²) in [4.78, 5) is 70.0. The topological polar surface area (TPSA) is 208 Å². The van der Waals surface area contributed by atoms with Crippen molar-refractivity contribution in [2.24, 2.45) is 5.73 Å². The number of nitrogens with one attached hydrogen (secondary N) is 3. The van der Waals surface area contributed by atoms with Crippen molar-refractivity contribution in [3.63, 3.8) is 0 Å². The number of likely N-dealkylation sites (tertiary alicyclic amines) is 1. The Morgan fingerprint density at radius 3 is 2.38 bits per heavy atom. The minimum atomic E-state index is -1.38. The van der Waals surface area contributed by atoms with E-state index in [0.29, 0.717) is 24.1 Å². The van der Waals surface area contributed by atoms with Crippen LogP contribution in [0, 0.1) is 0 Å². The Morgan fingerprint density at radius 1 is 1.05 bits per heavy atom. The zero-order valence-corrected chi connectivity index (χ0v) is 20.0. The summed E-state index contributed by atoms with van der Waals surface area (Å²) in [5, 5.41) is 23.6. The van der Waals surface area contributed by atoms with Crippen molar-refractivity contribution in [3.05, 3.63) is 54.1 Å². The summed E-state index contributed by atoms with van der Waals surface area (Å²) in [6, 6.07) is 4.09. The second-order valence-electron chi connectivity index (χ2n) is 8.83. The molecule has 198 valence electrons. The van der Waals surface area contributed by atoms with E-state index in [9.17, 15) is 29.1 Å². The van der Waals surface area contributed by atoms with Crippen LogP contribution in [0.1, 0.15) is 30.5 Å². The van der Waals surface area contributed by atoms with Gasteiger partial charge in [-0.2, -0.15) is 0 Å². The number of carboxylic acid groups (broad SMARTS) is 2. The third-order valence-corrected chi connectivity index (χ3v) is 6.06. The molecule has 4 unspecified atom stereocenters. The van der Waals surface area contributed by atoms with Gasteiger partial charge in [0.2, 0.25) is 17.7 Å². The molecule has 0 spiro atoms. The van der Waals surface area contributed by atoms with Crippen molar-refractivity contribution in [2.75, 3.05) is 6.54 Å². The Bertz CT molecular complexity index is 1110. The zero-order chi connectivity index (χ0) is 26.9. The van der Waals surface area contributed by atoms with Crippen LogP contribution in [0.3, 0.4) is 0 Å². The maximum Gasteiger partial charge on any atom is 0.326 e. The number of amides is 3. The molecule has 1 saturated heterocycles. The molecule has 13 heteroatoms. The predicted octanol–water partition coefficient (Wildman–Crippen LogP) is -0.958. The average Bonchev–Trinajstić information content (AvgIpc) is 3.55. The van der Waals surface area contributed by atoms with Gasteiger partial charge >= 0.3 is 11.9 Å². The van der Waals surface area contributed by atoms with E-state index in [1.165, 1.54) is 17.4 Å². The van der Waals surface area contributed by atoms with Crippen LogP contribution in [0.15, 0.2) is 42.9 Å². The summed E-state index contributed by atoms with van der Waals surface area (Å²) < 4.78 is 0. The second-order valence-corrected chi connectivity index (χ2v) is 8.83. The number of hydrogen-bond donors (Lipinski definition) is 6. The van der Waals surface area contributed by atoms with E-state index in [-0.39, 0.29) is 19.4 Å². The Balaban J connectivity index is 1.82. The van der Waals surface area contributed by atoms with Gasteiger partial charge in [0.1, 0.15) is 18.1 Å². The maximum absolute atomic E-state index is 13.4. The highest BCUT2D eigenvalue weighted by Crippen LogP contribution is 2.19. The number of aromatic nitrogens is 2. The van der Waals surface area contributed by atoms with Crippen molar-refractivity contribution in [1.82, 2.24) is 25.5 Å². The highest BCUT2D eigenvalue weighted by Gasteiger charge is 2.38. The number of nitrogens with zero attached hydrogens (tertiary/aromatic N) is 2. The van der Waals surface area contributed by atoms with Crippen molar-refractivity contribution in [3.8, 4) is 0 Å². The lowest BCUT2D eigenvalue weighted by atomic mass is 10.0. The molecule has 1 aromatic carbocycles. The third kappa shape index (κ3) is 7.61. The van der Waals surface area contributed by atoms with Gasteiger partial charge in [-0.05, 0) is 18.4 Å². The van der Waals surface area contributed by atoms with E-state index < -0.39 is 60.2 Å². The highest BCUT2D eigenvalue weighted by atomic mass is 16.4. The fraction of sp³-hybridized carbons (Fsp3) is 0.417. The molecule has 1 aliphatic heterocycles. The van der Waals surface area contributed by atoms with Gasteiger partial charge in [0.05, 0.1) is 18.8 Å². The Labute approximate surface area is 212 Å². The first-order valence-corrected chi connectivity index (χ1v) is 11.8. The molecule has 1 aliphatic rings. The first-order chi connectivity index (χ1) is 17.7. The molecule has 1 fully saturated rings. The van der Waals surface area contributed by atoms with Gasteiger partial charge < -0.3 is 36.5 Å². The summed E-state index contributed by atoms with van der Waals surface area (Å²) in [7, 11) is 0. The normalized spacial score (nSPS) is 17.4. The van der Waals surface area contributed by atoms with Gasteiger partial charge in [0, 0.05) is 31.3 Å². The van der Waals surface area contributed by atoms with E-state index in [1.54, 1.807) is 30.3 Å². The molecule has 2 heterocycles. The smallest absolute Gasteiger partial charge is 0.326 e. The molecule has 1 aromatic heterocycles. The SMILES string of the molecule is NC(CC(=O)O)C(=O)NC(Cc1ccccc1)C(=O)NC(Cc1cnc[nH]1)C(=O)N1CCCC1C(=O)O. The minimum Gasteiger partial charge on any atom is -0.481 e. The number of benzene rings is 1. The number of carboxylic acids is 2. The van der Waals surface area contributed by atoms with Crippen molar-refractivity contribution in [2.45, 2.75) is 56.3 Å². The van der Waals surface area contributed by atoms with Crippen LogP contribution in [0.4, 0.5) is 0 Å². The van der Waals surface area contributed by atoms with E-state index in [4.69, 9.17) is 10.8 Å². The maximum atomic E-state index is 13.4. The van der Waals surface area contributed by atoms with Gasteiger partial charge in [0.25, 0.3) is 0 Å². The first kappa shape index (κ1) is 27.3. The van der Waals surface area contributed by atoms with E-state index in [2.05, 4.69) is 20.6 Å². The van der Waals surface area contributed by atoms with Gasteiger partial charge in [-0.15, -0.1) is 0 Å². The van der Waals surface area contributed by atoms with Crippen LogP contribution in [-0.4, -0.2) is 85.5 Å². The molecular weight excluding hydrogens is 484 g/mol. The number of imidazole rings is 1. The van der Waals surface area contributed by atoms with Crippen LogP contribution in [0.2, 0.25) is 0 Å². The van der Waals surface area contributed by atoms with E-state index in [0.717, 1.165) is 0 Å². The monoisotopic (exact) mass is 514 g/mol. The summed E-state index contributed by atoms with van der Waals surface area (Å²) in [6.07, 6.45) is 3.15. The van der Waals surface area contributed by atoms with Crippen LogP contribution in [0.5, 0.6) is 0 Å². The summed E-state index contributed by atoms with van der Waals surface area (Å²) in [6.45, 7) is 0.235. The number of carbonyl (C=O) groups excluding carboxylic acids is 3. The molecule has 37 heavy (non-hydrogen) atoms. The van der Waals surface area contributed by atoms with Gasteiger partial charge in [-0.3, -0.25) is 19.2 Å².